The van der Waals surface area contributed by atoms with E-state index in [1.165, 1.54) is 103 Å². The van der Waals surface area contributed by atoms with Crippen molar-refractivity contribution >= 4 is 17.9 Å². The van der Waals surface area contributed by atoms with Crippen molar-refractivity contribution in [1.82, 2.24) is 0 Å². The van der Waals surface area contributed by atoms with E-state index in [1.807, 2.05) is 0 Å². The number of rotatable bonds is 59. The third-order valence-electron chi connectivity index (χ3n) is 13.8. The molecule has 0 N–H and O–H groups in total. The Bertz CT molecular complexity index is 1830. The summed E-state index contributed by atoms with van der Waals surface area (Å²) in [5, 5.41) is 0. The molecule has 0 rings (SSSR count). The molecule has 0 aliphatic carbocycles. The van der Waals surface area contributed by atoms with Crippen molar-refractivity contribution in [3.05, 3.63) is 158 Å². The first kappa shape index (κ1) is 77.0. The summed E-state index contributed by atoms with van der Waals surface area (Å²) < 4.78 is 16.8. The molecular formula is C76H122O6. The Hall–Kier alpha value is -4.97. The van der Waals surface area contributed by atoms with Crippen LogP contribution in [0.3, 0.4) is 0 Å². The van der Waals surface area contributed by atoms with E-state index in [0.29, 0.717) is 25.7 Å². The summed E-state index contributed by atoms with van der Waals surface area (Å²) in [5.74, 6) is -0.958. The summed E-state index contributed by atoms with van der Waals surface area (Å²) >= 11 is 0. The molecule has 0 saturated heterocycles. The van der Waals surface area contributed by atoms with Crippen molar-refractivity contribution < 1.29 is 28.6 Å². The van der Waals surface area contributed by atoms with E-state index in [2.05, 4.69) is 179 Å². The van der Waals surface area contributed by atoms with Crippen molar-refractivity contribution in [2.45, 2.75) is 290 Å². The third kappa shape index (κ3) is 65.8. The van der Waals surface area contributed by atoms with Crippen molar-refractivity contribution in [2.75, 3.05) is 13.2 Å². The number of hydrogen-bond acceptors (Lipinski definition) is 6. The second kappa shape index (κ2) is 68.5. The summed E-state index contributed by atoms with van der Waals surface area (Å²) in [6.45, 7) is 6.44. The zero-order valence-corrected chi connectivity index (χ0v) is 52.9. The van der Waals surface area contributed by atoms with Gasteiger partial charge in [0.1, 0.15) is 13.2 Å². The lowest BCUT2D eigenvalue weighted by molar-refractivity contribution is -0.167. The number of hydrogen-bond donors (Lipinski definition) is 0. The first-order chi connectivity index (χ1) is 40.5. The number of unbranched alkanes of at least 4 members (excludes halogenated alkanes) is 22. The molecule has 6 heteroatoms. The number of carbonyl (C=O) groups excluding carboxylic acids is 3. The summed E-state index contributed by atoms with van der Waals surface area (Å²) in [6, 6.07) is 0. The van der Waals surface area contributed by atoms with Gasteiger partial charge in [-0.1, -0.05) is 288 Å². The largest absolute Gasteiger partial charge is 0.462 e. The van der Waals surface area contributed by atoms with E-state index in [9.17, 15) is 14.4 Å². The monoisotopic (exact) mass is 1130 g/mol. The summed E-state index contributed by atoms with van der Waals surface area (Å²) in [5.41, 5.74) is 0. The van der Waals surface area contributed by atoms with Crippen LogP contribution in [0.15, 0.2) is 158 Å². The van der Waals surface area contributed by atoms with Gasteiger partial charge in [-0.25, -0.2) is 0 Å². The zero-order valence-electron chi connectivity index (χ0n) is 52.9. The molecule has 0 heterocycles. The molecule has 0 aliphatic rings. The standard InChI is InChI=1S/C76H122O6/c1-4-7-10-13-16-19-21-23-25-27-29-31-33-34-35-36-37-38-39-40-41-42-44-45-47-49-51-53-55-57-60-63-66-69-75(78)81-72-73(71-80-74(77)68-65-62-59-18-15-12-9-6-3)82-76(79)70-67-64-61-58-56-54-52-50-48-46-43-32-30-28-26-24-22-20-17-14-11-8-5-2/h7,10,16,19,22-25,28-31,34-35,37-38,40-41,43-46,49,51,55,57,73H,4-6,8-9,11-15,17-18,20-21,26-27,32-33,36,39,42,47-48,50,52-54,56,58-72H2,1-3H3/b10-7-,19-16-,24-22-,25-23-,30-28-,31-29-,35-34-,38-37-,41-40-,45-44-,46-43-,51-49-,57-55-. The Morgan fingerprint density at radius 3 is 0.768 bits per heavy atom. The summed E-state index contributed by atoms with van der Waals surface area (Å²) in [7, 11) is 0. The van der Waals surface area contributed by atoms with E-state index in [1.54, 1.807) is 0 Å². The lowest BCUT2D eigenvalue weighted by Crippen LogP contribution is -2.30. The van der Waals surface area contributed by atoms with Gasteiger partial charge in [0.15, 0.2) is 6.10 Å². The second-order valence-electron chi connectivity index (χ2n) is 21.6. The van der Waals surface area contributed by atoms with Gasteiger partial charge in [0.25, 0.3) is 0 Å². The van der Waals surface area contributed by atoms with Crippen molar-refractivity contribution in [2.24, 2.45) is 0 Å². The Balaban J connectivity index is 4.30. The van der Waals surface area contributed by atoms with Crippen LogP contribution >= 0.6 is 0 Å². The van der Waals surface area contributed by atoms with Crippen molar-refractivity contribution in [3.8, 4) is 0 Å². The van der Waals surface area contributed by atoms with E-state index < -0.39 is 6.10 Å². The maximum atomic E-state index is 12.9. The average molecular weight is 1130 g/mol. The highest BCUT2D eigenvalue weighted by Gasteiger charge is 2.19. The molecule has 0 bridgehead atoms. The topological polar surface area (TPSA) is 78.9 Å². The van der Waals surface area contributed by atoms with Crippen LogP contribution in [0.4, 0.5) is 0 Å². The van der Waals surface area contributed by atoms with E-state index in [4.69, 9.17) is 14.2 Å². The fraction of sp³-hybridized carbons (Fsp3) is 0.618. The quantitative estimate of drug-likeness (QED) is 0.0261. The van der Waals surface area contributed by atoms with Crippen LogP contribution in [0.5, 0.6) is 0 Å². The zero-order chi connectivity index (χ0) is 59.2. The van der Waals surface area contributed by atoms with E-state index in [-0.39, 0.29) is 31.1 Å². The number of esters is 3. The maximum Gasteiger partial charge on any atom is 0.306 e. The van der Waals surface area contributed by atoms with Crippen LogP contribution in [0.2, 0.25) is 0 Å². The summed E-state index contributed by atoms with van der Waals surface area (Å²) in [4.78, 5) is 38.2. The molecule has 0 spiro atoms. The Kier molecular flexibility index (Phi) is 64.4. The van der Waals surface area contributed by atoms with Crippen LogP contribution in [0.25, 0.3) is 0 Å². The predicted octanol–water partition coefficient (Wildman–Crippen LogP) is 23.3. The molecule has 0 aromatic heterocycles. The van der Waals surface area contributed by atoms with E-state index >= 15 is 0 Å². The van der Waals surface area contributed by atoms with Gasteiger partial charge in [-0.2, -0.15) is 0 Å². The Morgan fingerprint density at radius 2 is 0.476 bits per heavy atom. The van der Waals surface area contributed by atoms with Crippen LogP contribution in [-0.4, -0.2) is 37.2 Å². The van der Waals surface area contributed by atoms with Gasteiger partial charge in [-0.05, 0) is 135 Å². The van der Waals surface area contributed by atoms with Gasteiger partial charge in [-0.15, -0.1) is 0 Å². The minimum absolute atomic E-state index is 0.0991. The van der Waals surface area contributed by atoms with E-state index in [0.717, 1.165) is 135 Å². The van der Waals surface area contributed by atoms with Crippen LogP contribution < -0.4 is 0 Å². The highest BCUT2D eigenvalue weighted by molar-refractivity contribution is 5.71. The minimum atomic E-state index is -0.805. The first-order valence-corrected chi connectivity index (χ1v) is 33.5. The Labute approximate surface area is 505 Å². The third-order valence-corrected chi connectivity index (χ3v) is 13.8. The molecular weight excluding hydrogens is 1010 g/mol. The van der Waals surface area contributed by atoms with Gasteiger partial charge in [-0.3, -0.25) is 14.4 Å². The smallest absolute Gasteiger partial charge is 0.306 e. The molecule has 0 aromatic carbocycles. The van der Waals surface area contributed by atoms with Crippen LogP contribution in [0, 0.1) is 0 Å². The maximum absolute atomic E-state index is 12.9. The van der Waals surface area contributed by atoms with Gasteiger partial charge in [0.2, 0.25) is 0 Å². The first-order valence-electron chi connectivity index (χ1n) is 33.5. The highest BCUT2D eigenvalue weighted by Crippen LogP contribution is 2.14. The number of carbonyl (C=O) groups is 3. The van der Waals surface area contributed by atoms with Gasteiger partial charge in [0, 0.05) is 19.3 Å². The molecule has 0 aromatic rings. The van der Waals surface area contributed by atoms with Crippen LogP contribution in [-0.2, 0) is 28.6 Å². The fourth-order valence-corrected chi connectivity index (χ4v) is 8.77. The molecule has 0 radical (unpaired) electrons. The van der Waals surface area contributed by atoms with Gasteiger partial charge < -0.3 is 14.2 Å². The molecule has 462 valence electrons. The lowest BCUT2D eigenvalue weighted by Gasteiger charge is -2.18. The molecule has 1 atom stereocenters. The highest BCUT2D eigenvalue weighted by atomic mass is 16.6. The SMILES string of the molecule is CC/C=C\C/C=C\C/C=C\C/C=C\C/C=C\C/C=C\C/C=C\C/C=C\C/C=C\C/C=C\CCCCC(=O)OCC(COC(=O)CCCCCCCCCC)OC(=O)CCCCCCCCCC/C=C\C/C=C\C/C=C\CCCCCCC. The van der Waals surface area contributed by atoms with Crippen molar-refractivity contribution in [3.63, 3.8) is 0 Å². The molecule has 6 nitrogen and oxygen atoms in total. The number of allylic oxidation sites excluding steroid dienone is 26. The molecule has 1 unspecified atom stereocenters. The van der Waals surface area contributed by atoms with Crippen molar-refractivity contribution in [1.29, 1.82) is 0 Å². The van der Waals surface area contributed by atoms with Gasteiger partial charge in [0.05, 0.1) is 0 Å². The van der Waals surface area contributed by atoms with Gasteiger partial charge >= 0.3 is 17.9 Å². The average Bonchev–Trinajstić information content (AvgIpc) is 3.47. The minimum Gasteiger partial charge on any atom is -0.462 e. The molecule has 0 saturated carbocycles. The normalized spacial score (nSPS) is 13.2. The number of ether oxygens (including phenoxy) is 3. The summed E-state index contributed by atoms with van der Waals surface area (Å²) in [6.07, 6.45) is 99.9. The predicted molar refractivity (Wildman–Crippen MR) is 357 cm³/mol. The van der Waals surface area contributed by atoms with Crippen LogP contribution in [0.1, 0.15) is 284 Å². The fourth-order valence-electron chi connectivity index (χ4n) is 8.77. The molecule has 0 aliphatic heterocycles. The molecule has 0 fully saturated rings. The Morgan fingerprint density at radius 1 is 0.256 bits per heavy atom. The molecule has 0 amide bonds. The molecule has 82 heavy (non-hydrogen) atoms. The lowest BCUT2D eigenvalue weighted by atomic mass is 10.1. The second-order valence-corrected chi connectivity index (χ2v) is 21.6.